The Morgan fingerprint density at radius 1 is 1.44 bits per heavy atom. The Bertz CT molecular complexity index is 783. The van der Waals surface area contributed by atoms with Crippen molar-refractivity contribution >= 4 is 22.4 Å². The normalized spacial score (nSPS) is 17.8. The summed E-state index contributed by atoms with van der Waals surface area (Å²) < 4.78 is 13.7. The lowest BCUT2D eigenvalue weighted by atomic mass is 10.0. The Labute approximate surface area is 151 Å². The molecule has 4 nitrogen and oxygen atoms in total. The lowest BCUT2D eigenvalue weighted by Gasteiger charge is -2.32. The molecule has 0 spiro atoms. The van der Waals surface area contributed by atoms with Crippen LogP contribution in [-0.4, -0.2) is 34.9 Å². The summed E-state index contributed by atoms with van der Waals surface area (Å²) in [7, 11) is 0. The van der Waals surface area contributed by atoms with Crippen molar-refractivity contribution in [2.45, 2.75) is 31.7 Å². The maximum absolute atomic E-state index is 13.7. The molecule has 1 aromatic carbocycles. The number of amides is 1. The van der Waals surface area contributed by atoms with Crippen molar-refractivity contribution in [2.75, 3.05) is 18.4 Å². The number of piperidine rings is 1. The van der Waals surface area contributed by atoms with Crippen LogP contribution in [0.5, 0.6) is 0 Å². The Morgan fingerprint density at radius 3 is 3.08 bits per heavy atom. The van der Waals surface area contributed by atoms with Crippen LogP contribution in [0.3, 0.4) is 0 Å². The van der Waals surface area contributed by atoms with Crippen LogP contribution < -0.4 is 5.32 Å². The zero-order chi connectivity index (χ0) is 17.6. The average Bonchev–Trinajstić information content (AvgIpc) is 3.05. The molecule has 1 unspecified atom stereocenters. The third-order valence-electron chi connectivity index (χ3n) is 4.32. The van der Waals surface area contributed by atoms with Crippen LogP contribution >= 0.6 is 11.3 Å². The topological polar surface area (TPSA) is 45.2 Å². The third-order valence-corrected chi connectivity index (χ3v) is 5.23. The summed E-state index contributed by atoms with van der Waals surface area (Å²) in [4.78, 5) is 19.8. The van der Waals surface area contributed by atoms with Crippen LogP contribution in [-0.2, 0) is 11.2 Å². The highest BCUT2D eigenvalue weighted by molar-refractivity contribution is 7.15. The molecular formula is C19H20FN3OS. The minimum absolute atomic E-state index is 0.0678. The standard InChI is InChI=1S/C19H20FN3OS/c1-2-10-23-11-6-5-9-17(23)18(24)22-19-21-13-15(25-19)12-14-7-3-4-8-16(14)20/h1,3-4,7-8,13,17H,5-6,9-12H2,(H,21,22,24). The molecule has 1 aliphatic heterocycles. The van der Waals surface area contributed by atoms with Gasteiger partial charge in [-0.1, -0.05) is 30.5 Å². The van der Waals surface area contributed by atoms with Crippen molar-refractivity contribution in [1.29, 1.82) is 0 Å². The summed E-state index contributed by atoms with van der Waals surface area (Å²) in [6.07, 6.45) is 10.4. The van der Waals surface area contributed by atoms with Gasteiger partial charge >= 0.3 is 0 Å². The molecule has 6 heteroatoms. The number of likely N-dealkylation sites (tertiary alicyclic amines) is 1. The predicted octanol–water partition coefficient (Wildman–Crippen LogP) is 3.30. The smallest absolute Gasteiger partial charge is 0.243 e. The van der Waals surface area contributed by atoms with E-state index in [0.29, 0.717) is 23.7 Å². The van der Waals surface area contributed by atoms with Crippen molar-refractivity contribution in [3.8, 4) is 12.3 Å². The van der Waals surface area contributed by atoms with Gasteiger partial charge in [0.25, 0.3) is 0 Å². The molecular weight excluding hydrogens is 337 g/mol. The van der Waals surface area contributed by atoms with Crippen LogP contribution in [0.15, 0.2) is 30.5 Å². The summed E-state index contributed by atoms with van der Waals surface area (Å²) in [6.45, 7) is 1.33. The maximum atomic E-state index is 13.7. The zero-order valence-electron chi connectivity index (χ0n) is 13.9. The lowest BCUT2D eigenvalue weighted by molar-refractivity contribution is -0.122. The van der Waals surface area contributed by atoms with Crippen molar-refractivity contribution in [3.63, 3.8) is 0 Å². The number of benzene rings is 1. The number of halogens is 1. The van der Waals surface area contributed by atoms with E-state index in [0.717, 1.165) is 30.7 Å². The number of thiazole rings is 1. The Hall–Kier alpha value is -2.23. The van der Waals surface area contributed by atoms with Gasteiger partial charge in [-0.3, -0.25) is 9.69 Å². The Balaban J connectivity index is 1.63. The van der Waals surface area contributed by atoms with Crippen molar-refractivity contribution in [3.05, 3.63) is 46.7 Å². The molecule has 3 rings (SSSR count). The molecule has 0 bridgehead atoms. The SMILES string of the molecule is C#CCN1CCCCC1C(=O)Nc1ncc(Cc2ccccc2F)s1. The minimum atomic E-state index is -0.228. The van der Waals surface area contributed by atoms with Gasteiger partial charge in [-0.2, -0.15) is 0 Å². The van der Waals surface area contributed by atoms with Crippen molar-refractivity contribution in [1.82, 2.24) is 9.88 Å². The molecule has 1 fully saturated rings. The minimum Gasteiger partial charge on any atom is -0.301 e. The second-order valence-electron chi connectivity index (χ2n) is 6.08. The van der Waals surface area contributed by atoms with Crippen LogP contribution in [0.25, 0.3) is 0 Å². The van der Waals surface area contributed by atoms with Gasteiger partial charge in [0.2, 0.25) is 5.91 Å². The summed E-state index contributed by atoms with van der Waals surface area (Å²) >= 11 is 1.37. The molecule has 1 aliphatic rings. The fourth-order valence-corrected chi connectivity index (χ4v) is 3.90. The molecule has 25 heavy (non-hydrogen) atoms. The number of terminal acetylenes is 1. The van der Waals surface area contributed by atoms with Gasteiger partial charge in [-0.15, -0.1) is 17.8 Å². The van der Waals surface area contributed by atoms with E-state index < -0.39 is 0 Å². The number of carbonyl (C=O) groups is 1. The predicted molar refractivity (Wildman–Crippen MR) is 98.0 cm³/mol. The second-order valence-corrected chi connectivity index (χ2v) is 7.19. The molecule has 1 saturated heterocycles. The number of aromatic nitrogens is 1. The van der Waals surface area contributed by atoms with Gasteiger partial charge in [0.15, 0.2) is 5.13 Å². The van der Waals surface area contributed by atoms with E-state index in [2.05, 4.69) is 16.2 Å². The summed E-state index contributed by atoms with van der Waals surface area (Å²) in [5.41, 5.74) is 0.622. The van der Waals surface area contributed by atoms with E-state index in [-0.39, 0.29) is 17.8 Å². The quantitative estimate of drug-likeness (QED) is 0.835. The van der Waals surface area contributed by atoms with Crippen LogP contribution in [0.4, 0.5) is 9.52 Å². The van der Waals surface area contributed by atoms with E-state index in [1.807, 2.05) is 11.0 Å². The highest BCUT2D eigenvalue weighted by Gasteiger charge is 2.28. The summed E-state index contributed by atoms with van der Waals surface area (Å²) in [5, 5.41) is 3.43. The summed E-state index contributed by atoms with van der Waals surface area (Å²) in [6, 6.07) is 6.48. The number of anilines is 1. The number of hydrogen-bond acceptors (Lipinski definition) is 4. The molecule has 1 N–H and O–H groups in total. The number of carbonyl (C=O) groups excluding carboxylic acids is 1. The first-order valence-corrected chi connectivity index (χ1v) is 9.15. The fourth-order valence-electron chi connectivity index (χ4n) is 3.06. The molecule has 1 atom stereocenters. The molecule has 130 valence electrons. The number of hydrogen-bond donors (Lipinski definition) is 1. The van der Waals surface area contributed by atoms with Gasteiger partial charge in [0.1, 0.15) is 5.82 Å². The molecule has 2 heterocycles. The van der Waals surface area contributed by atoms with Gasteiger partial charge < -0.3 is 5.32 Å². The van der Waals surface area contributed by atoms with E-state index in [1.54, 1.807) is 18.3 Å². The second kappa shape index (κ2) is 8.24. The molecule has 0 radical (unpaired) electrons. The largest absolute Gasteiger partial charge is 0.301 e. The van der Waals surface area contributed by atoms with E-state index >= 15 is 0 Å². The van der Waals surface area contributed by atoms with Gasteiger partial charge in [0.05, 0.1) is 12.6 Å². The van der Waals surface area contributed by atoms with E-state index in [1.165, 1.54) is 17.4 Å². The third kappa shape index (κ3) is 4.44. The van der Waals surface area contributed by atoms with E-state index in [9.17, 15) is 9.18 Å². The van der Waals surface area contributed by atoms with Gasteiger partial charge in [-0.25, -0.2) is 9.37 Å². The lowest BCUT2D eigenvalue weighted by Crippen LogP contribution is -2.47. The zero-order valence-corrected chi connectivity index (χ0v) is 14.7. The van der Waals surface area contributed by atoms with Crippen LogP contribution in [0.1, 0.15) is 29.7 Å². The maximum Gasteiger partial charge on any atom is 0.243 e. The Kier molecular flexibility index (Phi) is 5.79. The highest BCUT2D eigenvalue weighted by atomic mass is 32.1. The molecule has 2 aromatic rings. The first kappa shape index (κ1) is 17.6. The fraction of sp³-hybridized carbons (Fsp3) is 0.368. The first-order valence-electron chi connectivity index (χ1n) is 8.34. The number of nitrogens with one attached hydrogen (secondary N) is 1. The highest BCUT2D eigenvalue weighted by Crippen LogP contribution is 2.24. The Morgan fingerprint density at radius 2 is 2.28 bits per heavy atom. The van der Waals surface area contributed by atoms with Gasteiger partial charge in [-0.05, 0) is 31.0 Å². The number of rotatable bonds is 5. The van der Waals surface area contributed by atoms with Crippen molar-refractivity contribution < 1.29 is 9.18 Å². The van der Waals surface area contributed by atoms with Crippen LogP contribution in [0, 0.1) is 18.2 Å². The van der Waals surface area contributed by atoms with Crippen molar-refractivity contribution in [2.24, 2.45) is 0 Å². The molecule has 1 amide bonds. The van der Waals surface area contributed by atoms with Gasteiger partial charge in [0, 0.05) is 17.5 Å². The number of nitrogens with zero attached hydrogens (tertiary/aromatic N) is 2. The monoisotopic (exact) mass is 357 g/mol. The average molecular weight is 357 g/mol. The van der Waals surface area contributed by atoms with Crippen LogP contribution in [0.2, 0.25) is 0 Å². The summed E-state index contributed by atoms with van der Waals surface area (Å²) in [5.74, 6) is 2.32. The van der Waals surface area contributed by atoms with E-state index in [4.69, 9.17) is 6.42 Å². The molecule has 1 aromatic heterocycles. The first-order chi connectivity index (χ1) is 12.2. The molecule has 0 saturated carbocycles. The molecule has 0 aliphatic carbocycles.